The van der Waals surface area contributed by atoms with Gasteiger partial charge in [-0.3, -0.25) is 9.59 Å². The summed E-state index contributed by atoms with van der Waals surface area (Å²) < 4.78 is 5.17. The number of esters is 1. The molecular formula is C22H21N3O4S2. The Morgan fingerprint density at radius 2 is 2.00 bits per heavy atom. The zero-order valence-electron chi connectivity index (χ0n) is 16.9. The summed E-state index contributed by atoms with van der Waals surface area (Å²) in [6, 6.07) is 12.3. The molecule has 3 heterocycles. The van der Waals surface area contributed by atoms with Crippen molar-refractivity contribution in [1.82, 2.24) is 9.88 Å². The number of carbonyl (C=O) groups excluding carboxylic acids is 3. The van der Waals surface area contributed by atoms with E-state index in [4.69, 9.17) is 4.74 Å². The summed E-state index contributed by atoms with van der Waals surface area (Å²) >= 11 is 2.44. The molecule has 1 aliphatic rings. The van der Waals surface area contributed by atoms with Crippen LogP contribution in [0.15, 0.2) is 47.8 Å². The van der Waals surface area contributed by atoms with Gasteiger partial charge in [0.25, 0.3) is 5.91 Å². The summed E-state index contributed by atoms with van der Waals surface area (Å²) in [5, 5.41) is 4.96. The molecule has 2 aromatic heterocycles. The van der Waals surface area contributed by atoms with E-state index < -0.39 is 12.0 Å². The highest BCUT2D eigenvalue weighted by atomic mass is 32.1. The molecule has 1 saturated heterocycles. The van der Waals surface area contributed by atoms with Crippen LogP contribution in [-0.2, 0) is 9.53 Å². The monoisotopic (exact) mass is 455 g/mol. The third kappa shape index (κ3) is 4.52. The van der Waals surface area contributed by atoms with Gasteiger partial charge in [-0.2, -0.15) is 0 Å². The topological polar surface area (TPSA) is 88.6 Å². The molecule has 1 atom stereocenters. The highest BCUT2D eigenvalue weighted by Gasteiger charge is 2.35. The normalized spacial score (nSPS) is 15.6. The molecule has 160 valence electrons. The van der Waals surface area contributed by atoms with E-state index in [1.165, 1.54) is 11.3 Å². The highest BCUT2D eigenvalue weighted by Crippen LogP contribution is 2.32. The number of benzene rings is 1. The Morgan fingerprint density at radius 3 is 2.71 bits per heavy atom. The lowest BCUT2D eigenvalue weighted by molar-refractivity contribution is -0.119. The quantitative estimate of drug-likeness (QED) is 0.560. The highest BCUT2D eigenvalue weighted by molar-refractivity contribution is 7.18. The van der Waals surface area contributed by atoms with Crippen molar-refractivity contribution in [2.24, 2.45) is 0 Å². The van der Waals surface area contributed by atoms with Crippen LogP contribution in [0.5, 0.6) is 0 Å². The maximum Gasteiger partial charge on any atom is 0.350 e. The van der Waals surface area contributed by atoms with Crippen LogP contribution in [0.4, 0.5) is 5.13 Å². The van der Waals surface area contributed by atoms with Gasteiger partial charge in [-0.1, -0.05) is 47.7 Å². The van der Waals surface area contributed by atoms with Gasteiger partial charge >= 0.3 is 5.97 Å². The van der Waals surface area contributed by atoms with Crippen molar-refractivity contribution in [2.45, 2.75) is 25.8 Å². The number of hydrogen-bond donors (Lipinski definition) is 1. The molecule has 1 fully saturated rings. The SMILES string of the molecule is CCOC(=O)c1sc(NC(=O)[C@@H]2CCCN2C(=O)c2cccs2)nc1-c1ccccc1. The van der Waals surface area contributed by atoms with Gasteiger partial charge in [0.2, 0.25) is 5.91 Å². The first-order valence-electron chi connectivity index (χ1n) is 9.97. The molecule has 7 nitrogen and oxygen atoms in total. The second-order valence-corrected chi connectivity index (χ2v) is 8.85. The molecule has 1 aliphatic heterocycles. The minimum Gasteiger partial charge on any atom is -0.462 e. The molecule has 2 amide bonds. The van der Waals surface area contributed by atoms with Crippen LogP contribution < -0.4 is 5.32 Å². The predicted octanol–water partition coefficient (Wildman–Crippen LogP) is 4.29. The third-order valence-electron chi connectivity index (χ3n) is 4.91. The molecule has 0 spiro atoms. The zero-order chi connectivity index (χ0) is 21.8. The lowest BCUT2D eigenvalue weighted by Gasteiger charge is -2.22. The summed E-state index contributed by atoms with van der Waals surface area (Å²) in [4.78, 5) is 45.3. The maximum absolute atomic E-state index is 13.0. The molecule has 1 aromatic carbocycles. The van der Waals surface area contributed by atoms with Crippen molar-refractivity contribution >= 4 is 45.6 Å². The second kappa shape index (κ2) is 9.40. The smallest absolute Gasteiger partial charge is 0.350 e. The van der Waals surface area contributed by atoms with Gasteiger partial charge in [-0.25, -0.2) is 9.78 Å². The number of hydrogen-bond acceptors (Lipinski definition) is 7. The van der Waals surface area contributed by atoms with E-state index in [1.807, 2.05) is 41.8 Å². The van der Waals surface area contributed by atoms with E-state index in [1.54, 1.807) is 17.9 Å². The Morgan fingerprint density at radius 1 is 1.19 bits per heavy atom. The number of likely N-dealkylation sites (tertiary alicyclic amines) is 1. The largest absolute Gasteiger partial charge is 0.462 e. The molecule has 31 heavy (non-hydrogen) atoms. The number of thiophene rings is 1. The van der Waals surface area contributed by atoms with Crippen molar-refractivity contribution < 1.29 is 19.1 Å². The van der Waals surface area contributed by atoms with Crippen LogP contribution in [0.1, 0.15) is 39.1 Å². The van der Waals surface area contributed by atoms with Gasteiger partial charge in [0.15, 0.2) is 5.13 Å². The third-order valence-corrected chi connectivity index (χ3v) is 6.72. The zero-order valence-corrected chi connectivity index (χ0v) is 18.5. The van der Waals surface area contributed by atoms with Gasteiger partial charge in [-0.05, 0) is 31.2 Å². The number of carbonyl (C=O) groups is 3. The van der Waals surface area contributed by atoms with Crippen molar-refractivity contribution in [2.75, 3.05) is 18.5 Å². The van der Waals surface area contributed by atoms with Crippen LogP contribution in [0.25, 0.3) is 11.3 Å². The van der Waals surface area contributed by atoms with E-state index >= 15 is 0 Å². The fraction of sp³-hybridized carbons (Fsp3) is 0.273. The van der Waals surface area contributed by atoms with E-state index in [0.717, 1.165) is 23.3 Å². The van der Waals surface area contributed by atoms with E-state index in [9.17, 15) is 14.4 Å². The number of thiazole rings is 1. The van der Waals surface area contributed by atoms with Crippen molar-refractivity contribution in [3.05, 3.63) is 57.6 Å². The molecular weight excluding hydrogens is 434 g/mol. The number of nitrogens with one attached hydrogen (secondary N) is 1. The summed E-state index contributed by atoms with van der Waals surface area (Å²) in [6.45, 7) is 2.52. The number of rotatable bonds is 6. The standard InChI is InChI=1S/C22H21N3O4S2/c1-2-29-21(28)18-17(14-8-4-3-5-9-14)23-22(31-18)24-19(26)15-10-6-12-25(15)20(27)16-11-7-13-30-16/h3-5,7-9,11,13,15H,2,6,10,12H2,1H3,(H,23,24,26)/t15-/m0/s1. The molecule has 0 unspecified atom stereocenters. The minimum absolute atomic E-state index is 0.135. The minimum atomic E-state index is -0.565. The molecule has 0 radical (unpaired) electrons. The molecule has 9 heteroatoms. The maximum atomic E-state index is 13.0. The van der Waals surface area contributed by atoms with Crippen molar-refractivity contribution in [3.63, 3.8) is 0 Å². The van der Waals surface area contributed by atoms with Gasteiger partial charge < -0.3 is 15.0 Å². The van der Waals surface area contributed by atoms with Crippen molar-refractivity contribution in [1.29, 1.82) is 0 Å². The first-order valence-corrected chi connectivity index (χ1v) is 11.7. The number of ether oxygens (including phenoxy) is 1. The average molecular weight is 456 g/mol. The average Bonchev–Trinajstić information content (AvgIpc) is 3.54. The Bertz CT molecular complexity index is 1080. The Kier molecular flexibility index (Phi) is 6.43. The fourth-order valence-corrected chi connectivity index (χ4v) is 5.08. The summed E-state index contributed by atoms with van der Waals surface area (Å²) in [7, 11) is 0. The van der Waals surface area contributed by atoms with Crippen LogP contribution in [0.3, 0.4) is 0 Å². The van der Waals surface area contributed by atoms with E-state index in [2.05, 4.69) is 10.3 Å². The first-order chi connectivity index (χ1) is 15.1. The van der Waals surface area contributed by atoms with E-state index in [-0.39, 0.29) is 18.4 Å². The number of aromatic nitrogens is 1. The lowest BCUT2D eigenvalue weighted by atomic mass is 10.1. The summed E-state index contributed by atoms with van der Waals surface area (Å²) in [5.41, 5.74) is 1.23. The van der Waals surface area contributed by atoms with Gasteiger partial charge in [0.1, 0.15) is 10.9 Å². The first kappa shape index (κ1) is 21.2. The predicted molar refractivity (Wildman–Crippen MR) is 121 cm³/mol. The van der Waals surface area contributed by atoms with Crippen molar-refractivity contribution in [3.8, 4) is 11.3 Å². The van der Waals surface area contributed by atoms with Crippen LogP contribution in [-0.4, -0.2) is 46.9 Å². The Balaban J connectivity index is 1.56. The van der Waals surface area contributed by atoms with Gasteiger partial charge in [0.05, 0.1) is 17.2 Å². The molecule has 4 rings (SSSR count). The molecule has 0 saturated carbocycles. The van der Waals surface area contributed by atoms with Gasteiger partial charge in [-0.15, -0.1) is 11.3 Å². The molecule has 0 aliphatic carbocycles. The summed E-state index contributed by atoms with van der Waals surface area (Å²) in [5.74, 6) is -0.912. The molecule has 3 aromatic rings. The van der Waals surface area contributed by atoms with Crippen LogP contribution in [0, 0.1) is 0 Å². The number of amides is 2. The number of nitrogens with zero attached hydrogens (tertiary/aromatic N) is 2. The van der Waals surface area contributed by atoms with Crippen LogP contribution in [0.2, 0.25) is 0 Å². The Hall–Kier alpha value is -3.04. The van der Waals surface area contributed by atoms with E-state index in [0.29, 0.717) is 33.5 Å². The summed E-state index contributed by atoms with van der Waals surface area (Å²) in [6.07, 6.45) is 1.35. The van der Waals surface area contributed by atoms with Crippen LogP contribution >= 0.6 is 22.7 Å². The fourth-order valence-electron chi connectivity index (χ4n) is 3.51. The lowest BCUT2D eigenvalue weighted by Crippen LogP contribution is -2.42. The Labute approximate surface area is 187 Å². The number of anilines is 1. The second-order valence-electron chi connectivity index (χ2n) is 6.91. The molecule has 1 N–H and O–H groups in total. The molecule has 0 bridgehead atoms. The van der Waals surface area contributed by atoms with Gasteiger partial charge in [0, 0.05) is 12.1 Å².